The van der Waals surface area contributed by atoms with Gasteiger partial charge in [0.2, 0.25) is 10.0 Å². The summed E-state index contributed by atoms with van der Waals surface area (Å²) in [6, 6.07) is 0. The van der Waals surface area contributed by atoms with Gasteiger partial charge in [0, 0.05) is 5.33 Å². The van der Waals surface area contributed by atoms with Crippen molar-refractivity contribution in [2.75, 3.05) is 11.1 Å². The van der Waals surface area contributed by atoms with E-state index in [9.17, 15) is 8.42 Å². The van der Waals surface area contributed by atoms with Crippen molar-refractivity contribution in [2.24, 2.45) is 11.1 Å². The molecule has 62 valence electrons. The zero-order valence-corrected chi connectivity index (χ0v) is 8.28. The van der Waals surface area contributed by atoms with Crippen LogP contribution in [0.2, 0.25) is 0 Å². The van der Waals surface area contributed by atoms with Gasteiger partial charge in [0.15, 0.2) is 0 Å². The first-order valence-electron chi connectivity index (χ1n) is 3.06. The van der Waals surface area contributed by atoms with E-state index in [2.05, 4.69) is 15.9 Å². The number of hydrogen-bond acceptors (Lipinski definition) is 2. The van der Waals surface area contributed by atoms with Gasteiger partial charge in [0.1, 0.15) is 0 Å². The van der Waals surface area contributed by atoms with Gasteiger partial charge in [0.25, 0.3) is 0 Å². The first-order valence-corrected chi connectivity index (χ1v) is 5.89. The molecule has 0 radical (unpaired) electrons. The Kier molecular flexibility index (Phi) is 4.47. The Morgan fingerprint density at radius 1 is 1.60 bits per heavy atom. The maximum Gasteiger partial charge on any atom is 0.209 e. The molecule has 0 aliphatic carbocycles. The van der Waals surface area contributed by atoms with Crippen molar-refractivity contribution in [3.05, 3.63) is 0 Å². The summed E-state index contributed by atoms with van der Waals surface area (Å²) in [6.07, 6.45) is 0.835. The fourth-order valence-electron chi connectivity index (χ4n) is 0.600. The minimum Gasteiger partial charge on any atom is -0.229 e. The molecule has 0 aromatic carbocycles. The summed E-state index contributed by atoms with van der Waals surface area (Å²) in [4.78, 5) is 0. The summed E-state index contributed by atoms with van der Waals surface area (Å²) < 4.78 is 21.0. The maximum atomic E-state index is 10.5. The highest BCUT2D eigenvalue weighted by Crippen LogP contribution is 2.07. The molecule has 0 amide bonds. The second-order valence-electron chi connectivity index (χ2n) is 2.26. The fourth-order valence-corrected chi connectivity index (χ4v) is 2.60. The van der Waals surface area contributed by atoms with Crippen molar-refractivity contribution in [2.45, 2.75) is 13.3 Å². The van der Waals surface area contributed by atoms with Crippen LogP contribution in [0.25, 0.3) is 0 Å². The molecule has 0 spiro atoms. The number of sulfonamides is 1. The molecule has 0 heterocycles. The summed E-state index contributed by atoms with van der Waals surface area (Å²) in [5.74, 6) is 0.226. The molecular weight excluding hydrogens is 218 g/mol. The van der Waals surface area contributed by atoms with Gasteiger partial charge in [-0.2, -0.15) is 0 Å². The molecule has 5 heteroatoms. The van der Waals surface area contributed by atoms with Crippen LogP contribution in [0.5, 0.6) is 0 Å². The van der Waals surface area contributed by atoms with Crippen LogP contribution >= 0.6 is 15.9 Å². The Bertz CT molecular complexity index is 174. The number of alkyl halides is 1. The molecular formula is C5H12BrNO2S. The third-order valence-corrected chi connectivity index (χ3v) is 3.12. The van der Waals surface area contributed by atoms with Crippen molar-refractivity contribution >= 4 is 26.0 Å². The van der Waals surface area contributed by atoms with Gasteiger partial charge in [-0.15, -0.1) is 0 Å². The van der Waals surface area contributed by atoms with Gasteiger partial charge in [-0.05, 0) is 5.92 Å². The molecule has 0 fully saturated rings. The number of rotatable bonds is 4. The van der Waals surface area contributed by atoms with Crippen molar-refractivity contribution in [1.82, 2.24) is 0 Å². The lowest BCUT2D eigenvalue weighted by Crippen LogP contribution is -2.23. The fraction of sp³-hybridized carbons (Fsp3) is 1.00. The van der Waals surface area contributed by atoms with Crippen LogP contribution in [0.1, 0.15) is 13.3 Å². The Morgan fingerprint density at radius 3 is 2.20 bits per heavy atom. The summed E-state index contributed by atoms with van der Waals surface area (Å²) in [5, 5.41) is 5.53. The first-order chi connectivity index (χ1) is 4.49. The molecule has 0 saturated carbocycles. The van der Waals surface area contributed by atoms with E-state index >= 15 is 0 Å². The minimum atomic E-state index is -3.28. The van der Waals surface area contributed by atoms with Gasteiger partial charge in [-0.25, -0.2) is 13.6 Å². The predicted octanol–water partition coefficient (Wildman–Crippen LogP) is 0.696. The third-order valence-electron chi connectivity index (χ3n) is 1.26. The SMILES string of the molecule is CCC(CBr)CS(N)(=O)=O. The molecule has 10 heavy (non-hydrogen) atoms. The zero-order chi connectivity index (χ0) is 8.20. The van der Waals surface area contributed by atoms with E-state index in [4.69, 9.17) is 5.14 Å². The summed E-state index contributed by atoms with van der Waals surface area (Å²) in [6.45, 7) is 1.94. The monoisotopic (exact) mass is 229 g/mol. The van der Waals surface area contributed by atoms with Crippen LogP contribution in [-0.2, 0) is 10.0 Å². The van der Waals surface area contributed by atoms with Crippen LogP contribution in [0.15, 0.2) is 0 Å². The van der Waals surface area contributed by atoms with E-state index in [0.717, 1.165) is 6.42 Å². The minimum absolute atomic E-state index is 0.0781. The van der Waals surface area contributed by atoms with Crippen LogP contribution in [0.4, 0.5) is 0 Å². The molecule has 0 aliphatic rings. The topological polar surface area (TPSA) is 60.2 Å². The van der Waals surface area contributed by atoms with Crippen LogP contribution in [0.3, 0.4) is 0 Å². The van der Waals surface area contributed by atoms with Crippen LogP contribution in [0, 0.1) is 5.92 Å². The highest BCUT2D eigenvalue weighted by molar-refractivity contribution is 9.09. The molecule has 2 N–H and O–H groups in total. The molecule has 0 bridgehead atoms. The summed E-state index contributed by atoms with van der Waals surface area (Å²) in [7, 11) is -3.28. The lowest BCUT2D eigenvalue weighted by Gasteiger charge is -2.07. The number of halogens is 1. The standard InChI is InChI=1S/C5H12BrNO2S/c1-2-5(3-6)4-10(7,8)9/h5H,2-4H2,1H3,(H2,7,8,9). The molecule has 0 aliphatic heterocycles. The Balaban J connectivity index is 3.87. The Labute approximate surface area is 70.2 Å². The van der Waals surface area contributed by atoms with Gasteiger partial charge in [-0.1, -0.05) is 29.3 Å². The van der Waals surface area contributed by atoms with Gasteiger partial charge < -0.3 is 0 Å². The molecule has 0 aromatic rings. The largest absolute Gasteiger partial charge is 0.229 e. The highest BCUT2D eigenvalue weighted by atomic mass is 79.9. The number of nitrogens with two attached hydrogens (primary N) is 1. The van der Waals surface area contributed by atoms with Gasteiger partial charge in [0.05, 0.1) is 5.75 Å². The molecule has 0 saturated heterocycles. The molecule has 1 atom stereocenters. The van der Waals surface area contributed by atoms with Gasteiger partial charge >= 0.3 is 0 Å². The van der Waals surface area contributed by atoms with Crippen molar-refractivity contribution in [3.63, 3.8) is 0 Å². The van der Waals surface area contributed by atoms with Crippen molar-refractivity contribution in [1.29, 1.82) is 0 Å². The quantitative estimate of drug-likeness (QED) is 0.722. The Morgan fingerprint density at radius 2 is 2.10 bits per heavy atom. The third kappa shape index (κ3) is 5.20. The molecule has 3 nitrogen and oxygen atoms in total. The van der Waals surface area contributed by atoms with Gasteiger partial charge in [-0.3, -0.25) is 0 Å². The molecule has 0 aromatic heterocycles. The lowest BCUT2D eigenvalue weighted by molar-refractivity contribution is 0.570. The average molecular weight is 230 g/mol. The van der Waals surface area contributed by atoms with E-state index in [-0.39, 0.29) is 11.7 Å². The lowest BCUT2D eigenvalue weighted by atomic mass is 10.2. The van der Waals surface area contributed by atoms with Crippen LogP contribution in [-0.4, -0.2) is 19.5 Å². The van der Waals surface area contributed by atoms with Crippen molar-refractivity contribution in [3.8, 4) is 0 Å². The smallest absolute Gasteiger partial charge is 0.209 e. The predicted molar refractivity (Wildman–Crippen MR) is 45.5 cm³/mol. The average Bonchev–Trinajstić information content (AvgIpc) is 1.81. The van der Waals surface area contributed by atoms with Crippen molar-refractivity contribution < 1.29 is 8.42 Å². The second-order valence-corrected chi connectivity index (χ2v) is 4.56. The summed E-state index contributed by atoms with van der Waals surface area (Å²) in [5.41, 5.74) is 0. The second kappa shape index (κ2) is 4.31. The number of hydrogen-bond donors (Lipinski definition) is 1. The highest BCUT2D eigenvalue weighted by Gasteiger charge is 2.11. The summed E-state index contributed by atoms with van der Waals surface area (Å²) >= 11 is 3.21. The van der Waals surface area contributed by atoms with E-state index in [1.807, 2.05) is 6.92 Å². The van der Waals surface area contributed by atoms with E-state index in [1.54, 1.807) is 0 Å². The van der Waals surface area contributed by atoms with Crippen LogP contribution < -0.4 is 5.14 Å². The normalized spacial score (nSPS) is 15.1. The maximum absolute atomic E-state index is 10.5. The molecule has 0 rings (SSSR count). The van der Waals surface area contributed by atoms with E-state index in [1.165, 1.54) is 0 Å². The first kappa shape index (κ1) is 10.4. The zero-order valence-electron chi connectivity index (χ0n) is 5.88. The Hall–Kier alpha value is 0.390. The van der Waals surface area contributed by atoms with E-state index in [0.29, 0.717) is 5.33 Å². The number of primary sulfonamides is 1. The van der Waals surface area contributed by atoms with E-state index < -0.39 is 10.0 Å². The molecule has 1 unspecified atom stereocenters.